The molecule has 0 unspecified atom stereocenters. The Morgan fingerprint density at radius 3 is 2.43 bits per heavy atom. The highest BCUT2D eigenvalue weighted by Crippen LogP contribution is 2.26. The topological polar surface area (TPSA) is 89.3 Å². The largest absolute Gasteiger partial charge is 0.306 e. The lowest BCUT2D eigenvalue weighted by Crippen LogP contribution is -2.43. The zero-order valence-electron chi connectivity index (χ0n) is 12.4. The maximum absolute atomic E-state index is 13.5. The van der Waals surface area contributed by atoms with Crippen LogP contribution in [0.2, 0.25) is 0 Å². The minimum Gasteiger partial charge on any atom is -0.258 e. The van der Waals surface area contributed by atoms with Gasteiger partial charge < -0.3 is 0 Å². The predicted octanol–water partition coefficient (Wildman–Crippen LogP) is 2.90. The second-order valence-electron chi connectivity index (χ2n) is 5.57. The van der Waals surface area contributed by atoms with Gasteiger partial charge in [-0.05, 0) is 38.8 Å². The third-order valence-corrected chi connectivity index (χ3v) is 4.86. The summed E-state index contributed by atoms with van der Waals surface area (Å²) in [5.41, 5.74) is -1.42. The van der Waals surface area contributed by atoms with Gasteiger partial charge in [0.2, 0.25) is 15.8 Å². The second-order valence-corrected chi connectivity index (χ2v) is 7.22. The van der Waals surface area contributed by atoms with Crippen LogP contribution in [0.25, 0.3) is 0 Å². The summed E-state index contributed by atoms with van der Waals surface area (Å²) in [4.78, 5) is 9.53. The fourth-order valence-corrected chi connectivity index (χ4v) is 3.86. The molecule has 0 saturated carbocycles. The molecule has 0 aliphatic carbocycles. The number of benzene rings is 1. The molecule has 0 aliphatic heterocycles. The van der Waals surface area contributed by atoms with Crippen molar-refractivity contribution in [2.24, 2.45) is 0 Å². The van der Waals surface area contributed by atoms with E-state index in [1.54, 1.807) is 13.8 Å². The van der Waals surface area contributed by atoms with Crippen molar-refractivity contribution in [2.75, 3.05) is 0 Å². The van der Waals surface area contributed by atoms with E-state index in [-0.39, 0.29) is 10.5 Å². The van der Waals surface area contributed by atoms with Gasteiger partial charge in [0, 0.05) is 11.6 Å². The van der Waals surface area contributed by atoms with Crippen LogP contribution < -0.4 is 4.72 Å². The van der Waals surface area contributed by atoms with Crippen LogP contribution in [0.4, 0.5) is 10.1 Å². The van der Waals surface area contributed by atoms with Gasteiger partial charge in [-0.25, -0.2) is 13.1 Å². The number of nitro groups is 1. The standard InChI is InChI=1S/C13H19FN2O4S/c1-5-6-13(3,4)15-21(19,20)12-8-11(16(17)18)10(14)7-9(12)2/h7-8,15H,5-6H2,1-4H3. The number of hydrogen-bond acceptors (Lipinski definition) is 4. The van der Waals surface area contributed by atoms with E-state index in [9.17, 15) is 22.9 Å². The molecule has 0 heterocycles. The van der Waals surface area contributed by atoms with Crippen molar-refractivity contribution in [3.8, 4) is 0 Å². The fraction of sp³-hybridized carbons (Fsp3) is 0.538. The molecule has 0 fully saturated rings. The number of aryl methyl sites for hydroxylation is 1. The summed E-state index contributed by atoms with van der Waals surface area (Å²) in [5, 5.41) is 10.8. The number of halogens is 1. The van der Waals surface area contributed by atoms with E-state index < -0.39 is 32.0 Å². The van der Waals surface area contributed by atoms with E-state index in [2.05, 4.69) is 4.72 Å². The molecule has 0 bridgehead atoms. The number of nitro benzene ring substituents is 1. The molecule has 0 aliphatic rings. The van der Waals surface area contributed by atoms with E-state index in [0.29, 0.717) is 6.42 Å². The lowest BCUT2D eigenvalue weighted by atomic mass is 10.0. The molecule has 0 saturated heterocycles. The lowest BCUT2D eigenvalue weighted by Gasteiger charge is -2.25. The summed E-state index contributed by atoms with van der Waals surface area (Å²) in [5.74, 6) is -1.05. The van der Waals surface area contributed by atoms with Gasteiger partial charge in [-0.1, -0.05) is 13.3 Å². The first-order valence-electron chi connectivity index (χ1n) is 6.48. The highest BCUT2D eigenvalue weighted by molar-refractivity contribution is 7.89. The number of nitrogens with one attached hydrogen (secondary N) is 1. The summed E-state index contributed by atoms with van der Waals surface area (Å²) in [6.45, 7) is 6.76. The lowest BCUT2D eigenvalue weighted by molar-refractivity contribution is -0.387. The van der Waals surface area contributed by atoms with E-state index in [1.165, 1.54) is 6.92 Å². The molecule has 6 nitrogen and oxygen atoms in total. The van der Waals surface area contributed by atoms with Gasteiger partial charge in [-0.3, -0.25) is 10.1 Å². The molecule has 1 rings (SSSR count). The summed E-state index contributed by atoms with van der Waals surface area (Å²) >= 11 is 0. The third-order valence-electron chi connectivity index (χ3n) is 3.02. The number of rotatable bonds is 6. The number of hydrogen-bond donors (Lipinski definition) is 1. The molecule has 1 N–H and O–H groups in total. The molecule has 1 aromatic rings. The zero-order valence-corrected chi connectivity index (χ0v) is 13.3. The van der Waals surface area contributed by atoms with Crippen LogP contribution in [0.1, 0.15) is 39.2 Å². The van der Waals surface area contributed by atoms with E-state index in [0.717, 1.165) is 18.6 Å². The Morgan fingerprint density at radius 2 is 1.95 bits per heavy atom. The van der Waals surface area contributed by atoms with Crippen molar-refractivity contribution in [1.82, 2.24) is 4.72 Å². The normalized spacial score (nSPS) is 12.4. The van der Waals surface area contributed by atoms with Crippen LogP contribution in [0, 0.1) is 22.9 Å². The van der Waals surface area contributed by atoms with E-state index in [1.807, 2.05) is 6.92 Å². The Morgan fingerprint density at radius 1 is 1.38 bits per heavy atom. The minimum atomic E-state index is -3.96. The Labute approximate surface area is 123 Å². The highest BCUT2D eigenvalue weighted by atomic mass is 32.2. The first-order valence-corrected chi connectivity index (χ1v) is 7.97. The predicted molar refractivity (Wildman–Crippen MR) is 77.1 cm³/mol. The van der Waals surface area contributed by atoms with E-state index >= 15 is 0 Å². The average molecular weight is 318 g/mol. The quantitative estimate of drug-likeness (QED) is 0.645. The van der Waals surface area contributed by atoms with Crippen LogP contribution in [-0.2, 0) is 10.0 Å². The van der Waals surface area contributed by atoms with Crippen molar-refractivity contribution in [2.45, 2.75) is 51.0 Å². The Bertz CT molecular complexity index is 656. The third kappa shape index (κ3) is 4.21. The van der Waals surface area contributed by atoms with Gasteiger partial charge >= 0.3 is 5.69 Å². The zero-order chi connectivity index (χ0) is 16.4. The smallest absolute Gasteiger partial charge is 0.258 e. The van der Waals surface area contributed by atoms with E-state index in [4.69, 9.17) is 0 Å². The van der Waals surface area contributed by atoms with Crippen LogP contribution in [0.3, 0.4) is 0 Å². The molecule has 0 amide bonds. The van der Waals surface area contributed by atoms with Gasteiger partial charge in [0.25, 0.3) is 0 Å². The molecule has 1 aromatic carbocycles. The molecule has 0 radical (unpaired) electrons. The molecule has 21 heavy (non-hydrogen) atoms. The summed E-state index contributed by atoms with van der Waals surface area (Å²) in [6.07, 6.45) is 1.38. The molecule has 118 valence electrons. The molecule has 8 heteroatoms. The van der Waals surface area contributed by atoms with Crippen molar-refractivity contribution < 1.29 is 17.7 Å². The van der Waals surface area contributed by atoms with Crippen LogP contribution >= 0.6 is 0 Å². The Kier molecular flexibility index (Phi) is 5.06. The summed E-state index contributed by atoms with van der Waals surface area (Å²) < 4.78 is 40.7. The highest BCUT2D eigenvalue weighted by Gasteiger charge is 2.29. The van der Waals surface area contributed by atoms with Crippen molar-refractivity contribution in [3.63, 3.8) is 0 Å². The first-order chi connectivity index (χ1) is 9.50. The van der Waals surface area contributed by atoms with Gasteiger partial charge in [-0.15, -0.1) is 0 Å². The van der Waals surface area contributed by atoms with Crippen LogP contribution in [0.5, 0.6) is 0 Å². The number of nitrogens with zero attached hydrogens (tertiary/aromatic N) is 1. The van der Waals surface area contributed by atoms with Crippen molar-refractivity contribution in [3.05, 3.63) is 33.6 Å². The number of sulfonamides is 1. The van der Waals surface area contributed by atoms with Crippen molar-refractivity contribution in [1.29, 1.82) is 0 Å². The molecule has 0 aromatic heterocycles. The summed E-state index contributed by atoms with van der Waals surface area (Å²) in [6, 6.07) is 1.62. The molecular weight excluding hydrogens is 299 g/mol. The molecule has 0 atom stereocenters. The van der Waals surface area contributed by atoms with Gasteiger partial charge in [-0.2, -0.15) is 4.39 Å². The van der Waals surface area contributed by atoms with Crippen LogP contribution in [-0.4, -0.2) is 18.9 Å². The van der Waals surface area contributed by atoms with Gasteiger partial charge in [0.1, 0.15) is 0 Å². The van der Waals surface area contributed by atoms with Crippen molar-refractivity contribution >= 4 is 15.7 Å². The first kappa shape index (κ1) is 17.5. The van der Waals surface area contributed by atoms with Crippen LogP contribution in [0.15, 0.2) is 17.0 Å². The Balaban J connectivity index is 3.32. The maximum atomic E-state index is 13.5. The Hall–Kier alpha value is -1.54. The monoisotopic (exact) mass is 318 g/mol. The molecule has 0 spiro atoms. The maximum Gasteiger partial charge on any atom is 0.306 e. The SMILES string of the molecule is CCCC(C)(C)NS(=O)(=O)c1cc([N+](=O)[O-])c(F)cc1C. The van der Waals surface area contributed by atoms with Gasteiger partial charge in [0.05, 0.1) is 9.82 Å². The average Bonchev–Trinajstić information content (AvgIpc) is 2.25. The molecular formula is C13H19FN2O4S. The van der Waals surface area contributed by atoms with Gasteiger partial charge in [0.15, 0.2) is 0 Å². The summed E-state index contributed by atoms with van der Waals surface area (Å²) in [7, 11) is -3.96. The second kappa shape index (κ2) is 6.07. The fourth-order valence-electron chi connectivity index (χ4n) is 2.17. The minimum absolute atomic E-state index is 0.123.